The maximum atomic E-state index is 5.27. The van der Waals surface area contributed by atoms with Crippen molar-refractivity contribution >= 4 is 21.8 Å². The Kier molecular flexibility index (Phi) is 5.79. The van der Waals surface area contributed by atoms with Gasteiger partial charge in [0.15, 0.2) is 0 Å². The van der Waals surface area contributed by atoms with Gasteiger partial charge in [-0.25, -0.2) is 4.68 Å². The molecule has 0 saturated heterocycles. The van der Waals surface area contributed by atoms with Gasteiger partial charge in [-0.2, -0.15) is 5.10 Å². The Morgan fingerprint density at radius 1 is 0.381 bits per heavy atom. The van der Waals surface area contributed by atoms with Crippen LogP contribution in [0.2, 0.25) is 0 Å². The van der Waals surface area contributed by atoms with Crippen molar-refractivity contribution in [2.45, 2.75) is 0 Å². The smallest absolute Gasteiger partial charge is 0.101 e. The molecule has 0 amide bonds. The van der Waals surface area contributed by atoms with Gasteiger partial charge in [-0.3, -0.25) is 0 Å². The van der Waals surface area contributed by atoms with Crippen molar-refractivity contribution in [3.63, 3.8) is 0 Å². The first-order valence-corrected chi connectivity index (χ1v) is 14.2. The Morgan fingerprint density at radius 3 is 1.48 bits per heavy atom. The van der Waals surface area contributed by atoms with Crippen molar-refractivity contribution < 1.29 is 0 Å². The fourth-order valence-electron chi connectivity index (χ4n) is 6.09. The predicted molar refractivity (Wildman–Crippen MR) is 174 cm³/mol. The largest absolute Gasteiger partial charge is 0.309 e. The van der Waals surface area contributed by atoms with Crippen LogP contribution in [0.3, 0.4) is 0 Å². The molecule has 0 bridgehead atoms. The van der Waals surface area contributed by atoms with Crippen molar-refractivity contribution in [1.29, 1.82) is 0 Å². The molecule has 0 radical (unpaired) electrons. The molecule has 198 valence electrons. The minimum atomic E-state index is 0.961. The standard InChI is InChI=1S/C39H27N3/c1-4-14-29(15-5-1)38-37(39(30-16-6-2-7-17-30)42(40-38)32-18-8-3-9-19-32)28-24-26-31(27-25-28)41-35-22-12-10-20-33(35)34-21-11-13-23-36(34)41/h1-27H. The van der Waals surface area contributed by atoms with Gasteiger partial charge in [0, 0.05) is 33.2 Å². The number of rotatable bonds is 5. The van der Waals surface area contributed by atoms with Crippen LogP contribution in [0, 0.1) is 0 Å². The fourth-order valence-corrected chi connectivity index (χ4v) is 6.09. The lowest BCUT2D eigenvalue weighted by Gasteiger charge is -2.12. The molecule has 0 saturated carbocycles. The summed E-state index contributed by atoms with van der Waals surface area (Å²) in [4.78, 5) is 0. The molecule has 0 fully saturated rings. The van der Waals surface area contributed by atoms with Crippen LogP contribution in [0.4, 0.5) is 0 Å². The highest BCUT2D eigenvalue weighted by atomic mass is 15.3. The third-order valence-electron chi connectivity index (χ3n) is 7.97. The van der Waals surface area contributed by atoms with Gasteiger partial charge < -0.3 is 4.57 Å². The van der Waals surface area contributed by atoms with E-state index in [0.717, 1.165) is 45.0 Å². The van der Waals surface area contributed by atoms with E-state index in [1.807, 2.05) is 6.07 Å². The minimum absolute atomic E-state index is 0.961. The monoisotopic (exact) mass is 537 g/mol. The Hall–Kier alpha value is -5.67. The molecule has 0 unspecified atom stereocenters. The van der Waals surface area contributed by atoms with Gasteiger partial charge in [0.25, 0.3) is 0 Å². The molecule has 0 aliphatic heterocycles. The molecule has 3 heteroatoms. The number of hydrogen-bond acceptors (Lipinski definition) is 1. The second kappa shape index (κ2) is 10.1. The van der Waals surface area contributed by atoms with Crippen LogP contribution in [-0.2, 0) is 0 Å². The minimum Gasteiger partial charge on any atom is -0.309 e. The summed E-state index contributed by atoms with van der Waals surface area (Å²) in [6, 6.07) is 57.7. The molecule has 8 rings (SSSR count). The van der Waals surface area contributed by atoms with Crippen molar-refractivity contribution in [2.24, 2.45) is 0 Å². The zero-order chi connectivity index (χ0) is 27.9. The van der Waals surface area contributed by atoms with Crippen LogP contribution < -0.4 is 0 Å². The van der Waals surface area contributed by atoms with E-state index in [9.17, 15) is 0 Å². The molecule has 0 N–H and O–H groups in total. The molecule has 42 heavy (non-hydrogen) atoms. The van der Waals surface area contributed by atoms with Crippen LogP contribution in [0.5, 0.6) is 0 Å². The highest BCUT2D eigenvalue weighted by Crippen LogP contribution is 2.42. The van der Waals surface area contributed by atoms with Crippen LogP contribution in [0.15, 0.2) is 164 Å². The molecule has 0 aliphatic carbocycles. The maximum Gasteiger partial charge on any atom is 0.101 e. The molecule has 2 heterocycles. The average Bonchev–Trinajstić information content (AvgIpc) is 3.63. The molecule has 0 aliphatic rings. The molecular formula is C39H27N3. The normalized spacial score (nSPS) is 11.3. The van der Waals surface area contributed by atoms with E-state index >= 15 is 0 Å². The zero-order valence-corrected chi connectivity index (χ0v) is 22.9. The number of benzene rings is 6. The van der Waals surface area contributed by atoms with E-state index in [1.54, 1.807) is 0 Å². The van der Waals surface area contributed by atoms with Crippen LogP contribution in [0.1, 0.15) is 0 Å². The zero-order valence-electron chi connectivity index (χ0n) is 22.9. The highest BCUT2D eigenvalue weighted by Gasteiger charge is 2.23. The number of para-hydroxylation sites is 3. The van der Waals surface area contributed by atoms with E-state index in [4.69, 9.17) is 5.10 Å². The first kappa shape index (κ1) is 24.2. The van der Waals surface area contributed by atoms with Gasteiger partial charge in [-0.1, -0.05) is 127 Å². The van der Waals surface area contributed by atoms with Crippen molar-refractivity contribution in [3.8, 4) is 45.0 Å². The number of hydrogen-bond donors (Lipinski definition) is 0. The van der Waals surface area contributed by atoms with Gasteiger partial charge >= 0.3 is 0 Å². The van der Waals surface area contributed by atoms with E-state index in [1.165, 1.54) is 21.8 Å². The number of fused-ring (bicyclic) bond motifs is 3. The predicted octanol–water partition coefficient (Wildman–Crippen LogP) is 9.97. The molecule has 6 aromatic carbocycles. The highest BCUT2D eigenvalue weighted by molar-refractivity contribution is 6.09. The maximum absolute atomic E-state index is 5.27. The summed E-state index contributed by atoms with van der Waals surface area (Å²) in [6.45, 7) is 0. The van der Waals surface area contributed by atoms with Gasteiger partial charge in [-0.05, 0) is 42.0 Å². The fraction of sp³-hybridized carbons (Fsp3) is 0. The molecule has 0 atom stereocenters. The van der Waals surface area contributed by atoms with Crippen molar-refractivity contribution in [2.75, 3.05) is 0 Å². The van der Waals surface area contributed by atoms with Gasteiger partial charge in [-0.15, -0.1) is 0 Å². The Bertz CT molecular complexity index is 2100. The summed E-state index contributed by atoms with van der Waals surface area (Å²) in [5.74, 6) is 0. The third kappa shape index (κ3) is 3.94. The van der Waals surface area contributed by atoms with E-state index < -0.39 is 0 Å². The molecule has 2 aromatic heterocycles. The summed E-state index contributed by atoms with van der Waals surface area (Å²) >= 11 is 0. The van der Waals surface area contributed by atoms with E-state index in [-0.39, 0.29) is 0 Å². The lowest BCUT2D eigenvalue weighted by molar-refractivity contribution is 0.892. The summed E-state index contributed by atoms with van der Waals surface area (Å²) < 4.78 is 4.45. The number of nitrogens with zero attached hydrogens (tertiary/aromatic N) is 3. The van der Waals surface area contributed by atoms with Crippen molar-refractivity contribution in [3.05, 3.63) is 164 Å². The summed E-state index contributed by atoms with van der Waals surface area (Å²) in [5, 5.41) is 7.80. The summed E-state index contributed by atoms with van der Waals surface area (Å²) in [5.41, 5.74) is 11.1. The van der Waals surface area contributed by atoms with Crippen LogP contribution in [0.25, 0.3) is 66.8 Å². The van der Waals surface area contributed by atoms with E-state index in [0.29, 0.717) is 0 Å². The third-order valence-corrected chi connectivity index (χ3v) is 7.97. The summed E-state index contributed by atoms with van der Waals surface area (Å²) in [7, 11) is 0. The van der Waals surface area contributed by atoms with Gasteiger partial charge in [0.05, 0.1) is 22.4 Å². The number of aromatic nitrogens is 3. The van der Waals surface area contributed by atoms with Crippen LogP contribution >= 0.6 is 0 Å². The molecule has 8 aromatic rings. The molecule has 0 spiro atoms. The van der Waals surface area contributed by atoms with Gasteiger partial charge in [0.1, 0.15) is 5.69 Å². The van der Waals surface area contributed by atoms with Gasteiger partial charge in [0.2, 0.25) is 0 Å². The topological polar surface area (TPSA) is 22.8 Å². The van der Waals surface area contributed by atoms with Crippen molar-refractivity contribution in [1.82, 2.24) is 14.3 Å². The van der Waals surface area contributed by atoms with Crippen LogP contribution in [-0.4, -0.2) is 14.3 Å². The first-order valence-electron chi connectivity index (χ1n) is 14.2. The Balaban J connectivity index is 1.37. The molecule has 3 nitrogen and oxygen atoms in total. The Labute approximate surface area is 244 Å². The lowest BCUT2D eigenvalue weighted by atomic mass is 9.95. The quantitative estimate of drug-likeness (QED) is 0.214. The average molecular weight is 538 g/mol. The lowest BCUT2D eigenvalue weighted by Crippen LogP contribution is -1.99. The second-order valence-corrected chi connectivity index (χ2v) is 10.5. The second-order valence-electron chi connectivity index (χ2n) is 10.5. The Morgan fingerprint density at radius 2 is 0.881 bits per heavy atom. The molecular weight excluding hydrogens is 510 g/mol. The van der Waals surface area contributed by atoms with E-state index in [2.05, 4.69) is 167 Å². The SMILES string of the molecule is c1ccc(-c2nn(-c3ccccc3)c(-c3ccccc3)c2-c2ccc(-n3c4ccccc4c4ccccc43)cc2)cc1. The first-order chi connectivity index (χ1) is 20.9. The summed E-state index contributed by atoms with van der Waals surface area (Å²) in [6.07, 6.45) is 0.